The average Bonchev–Trinajstić information content (AvgIpc) is 3.36. The normalized spacial score (nSPS) is 17.5. The summed E-state index contributed by atoms with van der Waals surface area (Å²) in [5, 5.41) is 7.15. The molecule has 1 aromatic carbocycles. The summed E-state index contributed by atoms with van der Waals surface area (Å²) in [6.45, 7) is 8.03. The van der Waals surface area contributed by atoms with Crippen molar-refractivity contribution in [3.63, 3.8) is 0 Å². The molecule has 3 rings (SSSR count). The summed E-state index contributed by atoms with van der Waals surface area (Å²) in [4.78, 5) is 11.3. The molecule has 2 aromatic rings. The Labute approximate surface area is 184 Å². The van der Waals surface area contributed by atoms with Gasteiger partial charge in [0.05, 0.1) is 6.54 Å². The summed E-state index contributed by atoms with van der Waals surface area (Å²) in [5.74, 6) is 1.83. The third-order valence-electron chi connectivity index (χ3n) is 5.08. The lowest BCUT2D eigenvalue weighted by molar-refractivity contribution is 0.273. The van der Waals surface area contributed by atoms with Crippen LogP contribution in [0.4, 0.5) is 0 Å². The highest BCUT2D eigenvalue weighted by Crippen LogP contribution is 2.18. The first kappa shape index (κ1) is 22.6. The minimum absolute atomic E-state index is 0. The second kappa shape index (κ2) is 11.4. The summed E-state index contributed by atoms with van der Waals surface area (Å²) in [6.07, 6.45) is 4.13. The van der Waals surface area contributed by atoms with E-state index in [0.717, 1.165) is 43.9 Å². The van der Waals surface area contributed by atoms with Crippen molar-refractivity contribution >= 4 is 29.9 Å². The number of benzene rings is 1. The molecule has 1 saturated heterocycles. The van der Waals surface area contributed by atoms with Crippen molar-refractivity contribution in [2.45, 2.75) is 45.6 Å². The maximum Gasteiger partial charge on any atom is 0.257 e. The molecule has 0 saturated carbocycles. The highest BCUT2D eigenvalue weighted by Gasteiger charge is 2.22. The number of nitrogens with zero attached hydrogens (tertiary/aromatic N) is 4. The number of nitrogens with two attached hydrogens (primary N) is 1. The van der Waals surface area contributed by atoms with Gasteiger partial charge in [0, 0.05) is 24.6 Å². The molecule has 1 aliphatic heterocycles. The fraction of sp³-hybridized carbons (Fsp3) is 0.550. The van der Waals surface area contributed by atoms with E-state index in [4.69, 9.17) is 10.3 Å². The van der Waals surface area contributed by atoms with E-state index in [1.165, 1.54) is 24.9 Å². The van der Waals surface area contributed by atoms with Gasteiger partial charge in [-0.2, -0.15) is 4.98 Å². The maximum atomic E-state index is 6.01. The molecular formula is C20H31IN6O. The van der Waals surface area contributed by atoms with E-state index >= 15 is 0 Å². The highest BCUT2D eigenvalue weighted by atomic mass is 127. The van der Waals surface area contributed by atoms with E-state index in [2.05, 4.69) is 44.4 Å². The zero-order chi connectivity index (χ0) is 19.1. The molecule has 28 heavy (non-hydrogen) atoms. The van der Waals surface area contributed by atoms with Crippen LogP contribution in [0.15, 0.2) is 33.8 Å². The number of hydrogen-bond donors (Lipinski definition) is 2. The largest absolute Gasteiger partial charge is 0.370 e. The zero-order valence-corrected chi connectivity index (χ0v) is 19.1. The summed E-state index contributed by atoms with van der Waals surface area (Å²) in [6, 6.07) is 8.73. The number of likely N-dealkylation sites (tertiary alicyclic amines) is 1. The average molecular weight is 498 g/mol. The van der Waals surface area contributed by atoms with E-state index in [0.29, 0.717) is 17.9 Å². The molecular weight excluding hydrogens is 467 g/mol. The quantitative estimate of drug-likeness (QED) is 0.331. The van der Waals surface area contributed by atoms with Gasteiger partial charge in [-0.05, 0) is 50.0 Å². The number of nitrogens with one attached hydrogen (secondary N) is 1. The number of aryl methyl sites for hydroxylation is 1. The number of likely N-dealkylation sites (N-methyl/N-ethyl adjacent to an activating group) is 1. The molecule has 0 amide bonds. The second-order valence-electron chi connectivity index (χ2n) is 6.89. The zero-order valence-electron chi connectivity index (χ0n) is 16.7. The van der Waals surface area contributed by atoms with E-state index in [9.17, 15) is 0 Å². The topological polar surface area (TPSA) is 92.6 Å². The van der Waals surface area contributed by atoms with Gasteiger partial charge in [0.15, 0.2) is 11.8 Å². The molecule has 1 unspecified atom stereocenters. The predicted octanol–water partition coefficient (Wildman–Crippen LogP) is 2.85. The van der Waals surface area contributed by atoms with Crippen molar-refractivity contribution < 1.29 is 4.52 Å². The van der Waals surface area contributed by atoms with Crippen LogP contribution < -0.4 is 11.1 Å². The number of aliphatic imine (C=N–C) groups is 1. The van der Waals surface area contributed by atoms with Crippen LogP contribution in [0, 0.1) is 0 Å². The lowest BCUT2D eigenvalue weighted by Crippen LogP contribution is -2.36. The van der Waals surface area contributed by atoms with Crippen molar-refractivity contribution in [2.24, 2.45) is 10.7 Å². The maximum absolute atomic E-state index is 6.01. The van der Waals surface area contributed by atoms with Crippen molar-refractivity contribution in [1.82, 2.24) is 20.4 Å². The summed E-state index contributed by atoms with van der Waals surface area (Å²) >= 11 is 0. The molecule has 0 bridgehead atoms. The van der Waals surface area contributed by atoms with E-state index in [1.54, 1.807) is 0 Å². The number of rotatable bonds is 8. The van der Waals surface area contributed by atoms with E-state index in [-0.39, 0.29) is 24.0 Å². The molecule has 3 N–H and O–H groups in total. The number of hydrogen-bond acceptors (Lipinski definition) is 5. The Balaban J connectivity index is 0.00000280. The molecule has 154 valence electrons. The standard InChI is InChI=1S/C20H30N6O.HI/c1-3-18-24-19(27-25-18)16-9-7-15(8-10-16)11-12-22-20(21)23-14-17-6-5-13-26(17)4-2;/h7-10,17H,3-6,11-14H2,1-2H3,(H3,21,22,23);1H. The second-order valence-corrected chi connectivity index (χ2v) is 6.89. The Hall–Kier alpha value is -1.68. The monoisotopic (exact) mass is 498 g/mol. The van der Waals surface area contributed by atoms with Crippen molar-refractivity contribution in [1.29, 1.82) is 0 Å². The van der Waals surface area contributed by atoms with Crippen LogP contribution in [0.3, 0.4) is 0 Å². The molecule has 1 atom stereocenters. The van der Waals surface area contributed by atoms with Crippen LogP contribution in [-0.4, -0.2) is 53.2 Å². The van der Waals surface area contributed by atoms with Crippen molar-refractivity contribution in [3.05, 3.63) is 35.7 Å². The highest BCUT2D eigenvalue weighted by molar-refractivity contribution is 14.0. The van der Waals surface area contributed by atoms with Gasteiger partial charge in [-0.1, -0.05) is 31.1 Å². The van der Waals surface area contributed by atoms with Gasteiger partial charge in [-0.15, -0.1) is 24.0 Å². The van der Waals surface area contributed by atoms with E-state index in [1.807, 2.05) is 19.1 Å². The van der Waals surface area contributed by atoms with Crippen LogP contribution in [0.5, 0.6) is 0 Å². The van der Waals surface area contributed by atoms with Gasteiger partial charge in [-0.3, -0.25) is 9.89 Å². The fourth-order valence-corrected chi connectivity index (χ4v) is 3.44. The molecule has 1 aliphatic rings. The number of halogens is 1. The van der Waals surface area contributed by atoms with Gasteiger partial charge in [0.2, 0.25) is 0 Å². The summed E-state index contributed by atoms with van der Waals surface area (Å²) < 4.78 is 5.27. The van der Waals surface area contributed by atoms with Crippen LogP contribution in [0.1, 0.15) is 38.1 Å². The van der Waals surface area contributed by atoms with Crippen LogP contribution in [-0.2, 0) is 12.8 Å². The van der Waals surface area contributed by atoms with Gasteiger partial charge in [0.1, 0.15) is 0 Å². The molecule has 8 heteroatoms. The van der Waals surface area contributed by atoms with Gasteiger partial charge in [-0.25, -0.2) is 0 Å². The molecule has 2 heterocycles. The predicted molar refractivity (Wildman–Crippen MR) is 123 cm³/mol. The van der Waals surface area contributed by atoms with Gasteiger partial charge >= 0.3 is 0 Å². The molecule has 1 aromatic heterocycles. The lowest BCUT2D eigenvalue weighted by atomic mass is 10.1. The Bertz CT molecular complexity index is 745. The molecule has 0 radical (unpaired) electrons. The van der Waals surface area contributed by atoms with Crippen LogP contribution in [0.2, 0.25) is 0 Å². The Morgan fingerprint density at radius 1 is 1.32 bits per heavy atom. The lowest BCUT2D eigenvalue weighted by Gasteiger charge is -2.20. The van der Waals surface area contributed by atoms with Gasteiger partial charge in [0.25, 0.3) is 5.89 Å². The third-order valence-corrected chi connectivity index (χ3v) is 5.08. The summed E-state index contributed by atoms with van der Waals surface area (Å²) in [5.41, 5.74) is 8.18. The molecule has 1 fully saturated rings. The van der Waals surface area contributed by atoms with Crippen LogP contribution >= 0.6 is 24.0 Å². The first-order valence-electron chi connectivity index (χ1n) is 9.89. The van der Waals surface area contributed by atoms with E-state index < -0.39 is 0 Å². The summed E-state index contributed by atoms with van der Waals surface area (Å²) in [7, 11) is 0. The minimum Gasteiger partial charge on any atom is -0.370 e. The first-order valence-corrected chi connectivity index (χ1v) is 9.89. The van der Waals surface area contributed by atoms with Crippen molar-refractivity contribution in [3.8, 4) is 11.5 Å². The third kappa shape index (κ3) is 6.16. The van der Waals surface area contributed by atoms with Crippen LogP contribution in [0.25, 0.3) is 11.5 Å². The number of guanidine groups is 1. The fourth-order valence-electron chi connectivity index (χ4n) is 3.44. The van der Waals surface area contributed by atoms with Gasteiger partial charge < -0.3 is 15.6 Å². The smallest absolute Gasteiger partial charge is 0.257 e. The Kier molecular flexibility index (Phi) is 9.17. The molecule has 0 aliphatic carbocycles. The first-order chi connectivity index (χ1) is 13.2. The Morgan fingerprint density at radius 2 is 2.11 bits per heavy atom. The number of aromatic nitrogens is 2. The Morgan fingerprint density at radius 3 is 2.79 bits per heavy atom. The SMILES string of the molecule is CCc1noc(-c2ccc(CCNC(N)=NCC3CCCN3CC)cc2)n1.I. The molecule has 0 spiro atoms. The minimum atomic E-state index is 0. The molecule has 7 nitrogen and oxygen atoms in total. The van der Waals surface area contributed by atoms with Crippen molar-refractivity contribution in [2.75, 3.05) is 26.2 Å².